The maximum absolute atomic E-state index is 12.8. The van der Waals surface area contributed by atoms with Crippen LogP contribution in [0.5, 0.6) is 0 Å². The van der Waals surface area contributed by atoms with Crippen LogP contribution in [-0.4, -0.2) is 37.7 Å². The van der Waals surface area contributed by atoms with E-state index in [2.05, 4.69) is 15.2 Å². The molecule has 1 aliphatic rings. The van der Waals surface area contributed by atoms with Gasteiger partial charge >= 0.3 is 5.69 Å². The van der Waals surface area contributed by atoms with Gasteiger partial charge in [0.15, 0.2) is 11.2 Å². The lowest BCUT2D eigenvalue weighted by molar-refractivity contribution is -0.116. The number of rotatable bonds is 4. The second-order valence-electron chi connectivity index (χ2n) is 7.72. The first kappa shape index (κ1) is 19.9. The summed E-state index contributed by atoms with van der Waals surface area (Å²) in [5, 5.41) is 2.98. The van der Waals surface area contributed by atoms with E-state index in [0.717, 1.165) is 41.9 Å². The number of para-hydroxylation sites is 2. The van der Waals surface area contributed by atoms with Crippen molar-refractivity contribution in [2.24, 2.45) is 14.1 Å². The number of nitrogens with one attached hydrogen (secondary N) is 1. The molecule has 1 fully saturated rings. The predicted octanol–water partition coefficient (Wildman–Crippen LogP) is 1.45. The summed E-state index contributed by atoms with van der Waals surface area (Å²) in [4.78, 5) is 44.0. The van der Waals surface area contributed by atoms with Gasteiger partial charge in [-0.15, -0.1) is 0 Å². The molecule has 0 radical (unpaired) electrons. The van der Waals surface area contributed by atoms with Crippen molar-refractivity contribution in [1.82, 2.24) is 18.7 Å². The van der Waals surface area contributed by atoms with Crippen LogP contribution in [0.4, 0.5) is 11.4 Å². The number of hydrogen-bond acceptors (Lipinski definition) is 5. The molecule has 3 aromatic rings. The van der Waals surface area contributed by atoms with Crippen molar-refractivity contribution < 1.29 is 4.79 Å². The largest absolute Gasteiger partial charge is 0.370 e. The number of carbonyl (C=O) groups is 1. The zero-order chi connectivity index (χ0) is 21.3. The summed E-state index contributed by atoms with van der Waals surface area (Å²) in [7, 11) is 2.97. The highest BCUT2D eigenvalue weighted by Crippen LogP contribution is 2.28. The van der Waals surface area contributed by atoms with Gasteiger partial charge in [0.25, 0.3) is 5.56 Å². The smallest absolute Gasteiger partial charge is 0.332 e. The van der Waals surface area contributed by atoms with Crippen LogP contribution in [0.2, 0.25) is 0 Å². The van der Waals surface area contributed by atoms with Crippen molar-refractivity contribution in [2.45, 2.75) is 32.2 Å². The first-order valence-electron chi connectivity index (χ1n) is 10.2. The van der Waals surface area contributed by atoms with Crippen molar-refractivity contribution in [2.75, 3.05) is 23.3 Å². The van der Waals surface area contributed by atoms with Crippen molar-refractivity contribution in [3.8, 4) is 0 Å². The van der Waals surface area contributed by atoms with Gasteiger partial charge in [0.2, 0.25) is 5.91 Å². The summed E-state index contributed by atoms with van der Waals surface area (Å²) < 4.78 is 3.81. The van der Waals surface area contributed by atoms with Gasteiger partial charge in [0.1, 0.15) is 6.54 Å². The molecule has 1 aliphatic heterocycles. The lowest BCUT2D eigenvalue weighted by atomic mass is 10.2. The molecular formula is C21H26N6O3. The van der Waals surface area contributed by atoms with E-state index in [1.807, 2.05) is 24.3 Å². The van der Waals surface area contributed by atoms with Gasteiger partial charge in [0, 0.05) is 27.2 Å². The van der Waals surface area contributed by atoms with Crippen molar-refractivity contribution in [1.29, 1.82) is 0 Å². The van der Waals surface area contributed by atoms with Crippen molar-refractivity contribution >= 4 is 28.4 Å². The number of hydrogen-bond donors (Lipinski definition) is 1. The second kappa shape index (κ2) is 8.17. The Morgan fingerprint density at radius 2 is 1.73 bits per heavy atom. The number of carbonyl (C=O) groups excluding carboxylic acids is 1. The summed E-state index contributed by atoms with van der Waals surface area (Å²) in [5.74, 6) is -0.257. The van der Waals surface area contributed by atoms with Crippen molar-refractivity contribution in [3.63, 3.8) is 0 Å². The molecule has 0 atom stereocenters. The number of aryl methyl sites for hydroxylation is 1. The molecule has 0 unspecified atom stereocenters. The SMILES string of the molecule is Cn1c(=O)c2c(ncn2CC(=O)Nc2ccccc2N2CCCCCC2)n(C)c1=O. The third kappa shape index (κ3) is 3.62. The van der Waals surface area contributed by atoms with Crippen LogP contribution in [0.3, 0.4) is 0 Å². The topological polar surface area (TPSA) is 94.2 Å². The van der Waals surface area contributed by atoms with Gasteiger partial charge in [-0.2, -0.15) is 0 Å². The lowest BCUT2D eigenvalue weighted by Gasteiger charge is -2.25. The van der Waals surface area contributed by atoms with Crippen LogP contribution in [-0.2, 0) is 25.4 Å². The van der Waals surface area contributed by atoms with E-state index in [1.165, 1.54) is 35.4 Å². The van der Waals surface area contributed by atoms with E-state index in [4.69, 9.17) is 0 Å². The van der Waals surface area contributed by atoms with Gasteiger partial charge < -0.3 is 14.8 Å². The molecule has 0 bridgehead atoms. The lowest BCUT2D eigenvalue weighted by Crippen LogP contribution is -2.37. The molecular weight excluding hydrogens is 384 g/mol. The molecule has 1 N–H and O–H groups in total. The third-order valence-corrected chi connectivity index (χ3v) is 5.66. The minimum atomic E-state index is -0.469. The maximum Gasteiger partial charge on any atom is 0.332 e. The van der Waals surface area contributed by atoms with E-state index in [0.29, 0.717) is 0 Å². The zero-order valence-electron chi connectivity index (χ0n) is 17.3. The van der Waals surface area contributed by atoms with Crippen LogP contribution in [0.1, 0.15) is 25.7 Å². The summed E-state index contributed by atoms with van der Waals surface area (Å²) in [6.07, 6.45) is 6.18. The Bertz CT molecular complexity index is 1200. The summed E-state index contributed by atoms with van der Waals surface area (Å²) in [6, 6.07) is 7.80. The third-order valence-electron chi connectivity index (χ3n) is 5.66. The molecule has 3 heterocycles. The highest BCUT2D eigenvalue weighted by molar-refractivity contribution is 5.94. The van der Waals surface area contributed by atoms with E-state index >= 15 is 0 Å². The number of aromatic nitrogens is 4. The molecule has 158 valence electrons. The van der Waals surface area contributed by atoms with E-state index in [-0.39, 0.29) is 23.6 Å². The van der Waals surface area contributed by atoms with Crippen LogP contribution >= 0.6 is 0 Å². The Balaban J connectivity index is 1.60. The number of fused-ring (bicyclic) bond motifs is 1. The minimum absolute atomic E-state index is 0.0712. The molecule has 0 spiro atoms. The average molecular weight is 410 g/mol. The van der Waals surface area contributed by atoms with Crippen LogP contribution in [0.15, 0.2) is 40.2 Å². The highest BCUT2D eigenvalue weighted by atomic mass is 16.2. The fraction of sp³-hybridized carbons (Fsp3) is 0.429. The maximum atomic E-state index is 12.8. The summed E-state index contributed by atoms with van der Waals surface area (Å²) in [5.41, 5.74) is 1.35. The molecule has 2 aromatic heterocycles. The first-order chi connectivity index (χ1) is 14.5. The fourth-order valence-electron chi connectivity index (χ4n) is 4.03. The molecule has 4 rings (SSSR count). The Hall–Kier alpha value is -3.36. The molecule has 0 saturated carbocycles. The van der Waals surface area contributed by atoms with Crippen molar-refractivity contribution in [3.05, 3.63) is 51.4 Å². The van der Waals surface area contributed by atoms with Crippen LogP contribution in [0.25, 0.3) is 11.2 Å². The number of benzene rings is 1. The monoisotopic (exact) mass is 410 g/mol. The van der Waals surface area contributed by atoms with Crippen LogP contribution in [0, 0.1) is 0 Å². The van der Waals surface area contributed by atoms with E-state index < -0.39 is 11.2 Å². The molecule has 1 amide bonds. The molecule has 0 aliphatic carbocycles. The molecule has 9 heteroatoms. The number of amides is 1. The number of imidazole rings is 1. The quantitative estimate of drug-likeness (QED) is 0.703. The standard InChI is InChI=1S/C21H26N6O3/c1-24-19-18(20(29)25(2)21(24)30)27(14-22-19)13-17(28)23-15-9-5-6-10-16(15)26-11-7-3-4-8-12-26/h5-6,9-10,14H,3-4,7-8,11-13H2,1-2H3,(H,23,28). The zero-order valence-corrected chi connectivity index (χ0v) is 17.3. The first-order valence-corrected chi connectivity index (χ1v) is 10.2. The van der Waals surface area contributed by atoms with Gasteiger partial charge in [-0.05, 0) is 25.0 Å². The summed E-state index contributed by atoms with van der Waals surface area (Å²) >= 11 is 0. The Labute approximate surface area is 173 Å². The highest BCUT2D eigenvalue weighted by Gasteiger charge is 2.18. The van der Waals surface area contributed by atoms with Gasteiger partial charge in [-0.1, -0.05) is 25.0 Å². The molecule has 1 saturated heterocycles. The normalized spacial score (nSPS) is 14.7. The average Bonchev–Trinajstić information content (AvgIpc) is 2.96. The Morgan fingerprint density at radius 1 is 1.03 bits per heavy atom. The predicted molar refractivity (Wildman–Crippen MR) is 116 cm³/mol. The minimum Gasteiger partial charge on any atom is -0.370 e. The number of anilines is 2. The molecule has 30 heavy (non-hydrogen) atoms. The summed E-state index contributed by atoms with van der Waals surface area (Å²) in [6.45, 7) is 1.88. The van der Waals surface area contributed by atoms with Gasteiger partial charge in [-0.3, -0.25) is 18.7 Å². The molecule has 9 nitrogen and oxygen atoms in total. The number of nitrogens with zero attached hydrogens (tertiary/aromatic N) is 5. The van der Waals surface area contributed by atoms with Crippen LogP contribution < -0.4 is 21.5 Å². The van der Waals surface area contributed by atoms with Gasteiger partial charge in [0.05, 0.1) is 17.7 Å². The second-order valence-corrected chi connectivity index (χ2v) is 7.72. The van der Waals surface area contributed by atoms with Gasteiger partial charge in [-0.25, -0.2) is 9.78 Å². The fourth-order valence-corrected chi connectivity index (χ4v) is 4.03. The Morgan fingerprint density at radius 3 is 2.47 bits per heavy atom. The molecule has 1 aromatic carbocycles. The van der Waals surface area contributed by atoms with E-state index in [9.17, 15) is 14.4 Å². The van der Waals surface area contributed by atoms with E-state index in [1.54, 1.807) is 7.05 Å². The Kier molecular flexibility index (Phi) is 5.43.